The predicted octanol–water partition coefficient (Wildman–Crippen LogP) is 2.01. The van der Waals surface area contributed by atoms with Gasteiger partial charge in [0.25, 0.3) is 0 Å². The molecule has 0 atom stereocenters. The third-order valence-electron chi connectivity index (χ3n) is 4.48. The highest BCUT2D eigenvalue weighted by molar-refractivity contribution is 5.74. The molecule has 0 unspecified atom stereocenters. The highest BCUT2D eigenvalue weighted by Crippen LogP contribution is 2.18. The van der Waals surface area contributed by atoms with Gasteiger partial charge in [-0.15, -0.1) is 0 Å². The van der Waals surface area contributed by atoms with E-state index in [9.17, 15) is 4.79 Å². The van der Waals surface area contributed by atoms with Crippen LogP contribution in [0.1, 0.15) is 39.0 Å². The standard InChI is InChI=1S/C14H27N3O/c1-3-16-11-7-13(8-12-16)15(2)14(18)17-9-5-4-6-10-17/h13H,3-12H2,1-2H3. The van der Waals surface area contributed by atoms with Crippen LogP contribution in [0.3, 0.4) is 0 Å². The number of rotatable bonds is 2. The monoisotopic (exact) mass is 253 g/mol. The first-order valence-corrected chi connectivity index (χ1v) is 7.46. The van der Waals surface area contributed by atoms with E-state index < -0.39 is 0 Å². The zero-order valence-electron chi connectivity index (χ0n) is 11.9. The van der Waals surface area contributed by atoms with Crippen LogP contribution >= 0.6 is 0 Å². The van der Waals surface area contributed by atoms with Gasteiger partial charge < -0.3 is 14.7 Å². The van der Waals surface area contributed by atoms with E-state index in [-0.39, 0.29) is 6.03 Å². The molecule has 2 fully saturated rings. The second-order valence-electron chi connectivity index (χ2n) is 5.61. The first kappa shape index (κ1) is 13.7. The van der Waals surface area contributed by atoms with Crippen molar-refractivity contribution in [3.05, 3.63) is 0 Å². The molecule has 0 bridgehead atoms. The molecule has 0 aromatic carbocycles. The van der Waals surface area contributed by atoms with E-state index in [1.165, 1.54) is 19.3 Å². The SMILES string of the molecule is CCN1CCC(N(C)C(=O)N2CCCCC2)CC1. The molecule has 2 saturated heterocycles. The van der Waals surface area contributed by atoms with Crippen LogP contribution in [0.2, 0.25) is 0 Å². The summed E-state index contributed by atoms with van der Waals surface area (Å²) in [6.45, 7) is 7.53. The second kappa shape index (κ2) is 6.41. The minimum absolute atomic E-state index is 0.254. The Balaban J connectivity index is 1.83. The Morgan fingerprint density at radius 3 is 2.28 bits per heavy atom. The molecule has 2 amide bonds. The third kappa shape index (κ3) is 3.16. The van der Waals surface area contributed by atoms with Crippen molar-refractivity contribution in [3.8, 4) is 0 Å². The highest BCUT2D eigenvalue weighted by atomic mass is 16.2. The predicted molar refractivity (Wildman–Crippen MR) is 73.7 cm³/mol. The van der Waals surface area contributed by atoms with Gasteiger partial charge in [0.2, 0.25) is 0 Å². The Hall–Kier alpha value is -0.770. The summed E-state index contributed by atoms with van der Waals surface area (Å²) in [5, 5.41) is 0. The molecule has 0 saturated carbocycles. The fourth-order valence-corrected chi connectivity index (χ4v) is 3.09. The number of hydrogen-bond donors (Lipinski definition) is 0. The number of hydrogen-bond acceptors (Lipinski definition) is 2. The molecule has 4 heteroatoms. The second-order valence-corrected chi connectivity index (χ2v) is 5.61. The summed E-state index contributed by atoms with van der Waals surface area (Å²) in [6, 6.07) is 0.701. The van der Waals surface area contributed by atoms with Gasteiger partial charge in [-0.1, -0.05) is 6.92 Å². The Bertz CT molecular complexity index is 268. The summed E-state index contributed by atoms with van der Waals surface area (Å²) < 4.78 is 0. The summed E-state index contributed by atoms with van der Waals surface area (Å²) >= 11 is 0. The number of carbonyl (C=O) groups excluding carboxylic acids is 1. The lowest BCUT2D eigenvalue weighted by molar-refractivity contribution is 0.108. The Morgan fingerprint density at radius 2 is 1.72 bits per heavy atom. The van der Waals surface area contributed by atoms with E-state index in [0.29, 0.717) is 6.04 Å². The molecule has 0 aromatic heterocycles. The Kier molecular flexibility index (Phi) is 4.87. The van der Waals surface area contributed by atoms with Gasteiger partial charge in [-0.05, 0) is 38.6 Å². The molecule has 18 heavy (non-hydrogen) atoms. The van der Waals surface area contributed by atoms with Crippen molar-refractivity contribution >= 4 is 6.03 Å². The van der Waals surface area contributed by atoms with Gasteiger partial charge in [0, 0.05) is 39.3 Å². The highest BCUT2D eigenvalue weighted by Gasteiger charge is 2.28. The normalized spacial score (nSPS) is 23.1. The lowest BCUT2D eigenvalue weighted by Gasteiger charge is -2.39. The number of carbonyl (C=O) groups is 1. The van der Waals surface area contributed by atoms with Crippen LogP contribution in [0.4, 0.5) is 4.79 Å². The van der Waals surface area contributed by atoms with Crippen LogP contribution < -0.4 is 0 Å². The van der Waals surface area contributed by atoms with Crippen molar-refractivity contribution in [2.45, 2.75) is 45.1 Å². The topological polar surface area (TPSA) is 26.8 Å². The van der Waals surface area contributed by atoms with Crippen molar-refractivity contribution in [2.75, 3.05) is 39.8 Å². The number of urea groups is 1. The van der Waals surface area contributed by atoms with Crippen LogP contribution in [0.25, 0.3) is 0 Å². The van der Waals surface area contributed by atoms with Gasteiger partial charge in [0.1, 0.15) is 0 Å². The number of likely N-dealkylation sites (tertiary alicyclic amines) is 2. The minimum Gasteiger partial charge on any atom is -0.325 e. The lowest BCUT2D eigenvalue weighted by atomic mass is 10.0. The summed E-state index contributed by atoms with van der Waals surface area (Å²) in [5.74, 6) is 0. The van der Waals surface area contributed by atoms with Crippen LogP contribution in [0, 0.1) is 0 Å². The smallest absolute Gasteiger partial charge is 0.319 e. The first-order valence-electron chi connectivity index (χ1n) is 7.46. The number of amides is 2. The van der Waals surface area contributed by atoms with Crippen molar-refractivity contribution in [2.24, 2.45) is 0 Å². The molecule has 2 aliphatic rings. The molecule has 4 nitrogen and oxygen atoms in total. The molecule has 0 aromatic rings. The van der Waals surface area contributed by atoms with E-state index in [0.717, 1.165) is 45.6 Å². The molecule has 0 N–H and O–H groups in total. The quantitative estimate of drug-likeness (QED) is 0.752. The number of nitrogens with zero attached hydrogens (tertiary/aromatic N) is 3. The Morgan fingerprint density at radius 1 is 1.11 bits per heavy atom. The van der Waals surface area contributed by atoms with Gasteiger partial charge in [0.05, 0.1) is 0 Å². The largest absolute Gasteiger partial charge is 0.325 e. The van der Waals surface area contributed by atoms with Gasteiger partial charge in [0.15, 0.2) is 0 Å². The lowest BCUT2D eigenvalue weighted by Crippen LogP contribution is -2.51. The summed E-state index contributed by atoms with van der Waals surface area (Å²) in [7, 11) is 1.99. The molecule has 2 aliphatic heterocycles. The maximum Gasteiger partial charge on any atom is 0.319 e. The maximum absolute atomic E-state index is 12.4. The molecule has 2 rings (SSSR count). The van der Waals surface area contributed by atoms with Crippen LogP contribution in [0.15, 0.2) is 0 Å². The fraction of sp³-hybridized carbons (Fsp3) is 0.929. The molecule has 2 heterocycles. The summed E-state index contributed by atoms with van der Waals surface area (Å²) in [5.41, 5.74) is 0. The van der Waals surface area contributed by atoms with Crippen LogP contribution in [-0.4, -0.2) is 66.5 Å². The van der Waals surface area contributed by atoms with E-state index in [4.69, 9.17) is 0 Å². The molecular weight excluding hydrogens is 226 g/mol. The van der Waals surface area contributed by atoms with Gasteiger partial charge in [-0.2, -0.15) is 0 Å². The van der Waals surface area contributed by atoms with Crippen LogP contribution in [-0.2, 0) is 0 Å². The average Bonchev–Trinajstić information content (AvgIpc) is 2.47. The van der Waals surface area contributed by atoms with Crippen LogP contribution in [0.5, 0.6) is 0 Å². The van der Waals surface area contributed by atoms with E-state index in [2.05, 4.69) is 11.8 Å². The van der Waals surface area contributed by atoms with Crippen molar-refractivity contribution in [3.63, 3.8) is 0 Å². The van der Waals surface area contributed by atoms with E-state index >= 15 is 0 Å². The Labute approximate surface area is 111 Å². The minimum atomic E-state index is 0.254. The first-order chi connectivity index (χ1) is 8.72. The molecule has 104 valence electrons. The van der Waals surface area contributed by atoms with Crippen molar-refractivity contribution < 1.29 is 4.79 Å². The van der Waals surface area contributed by atoms with Gasteiger partial charge in [-0.3, -0.25) is 0 Å². The number of piperidine rings is 2. The maximum atomic E-state index is 12.4. The summed E-state index contributed by atoms with van der Waals surface area (Å²) in [4.78, 5) is 18.9. The molecular formula is C14H27N3O. The zero-order chi connectivity index (χ0) is 13.0. The molecule has 0 radical (unpaired) electrons. The van der Waals surface area contributed by atoms with E-state index in [1.807, 2.05) is 16.8 Å². The molecule has 0 spiro atoms. The van der Waals surface area contributed by atoms with Crippen molar-refractivity contribution in [1.82, 2.24) is 14.7 Å². The summed E-state index contributed by atoms with van der Waals surface area (Å²) in [6.07, 6.45) is 5.89. The van der Waals surface area contributed by atoms with Crippen molar-refractivity contribution in [1.29, 1.82) is 0 Å². The average molecular weight is 253 g/mol. The fourth-order valence-electron chi connectivity index (χ4n) is 3.09. The van der Waals surface area contributed by atoms with Gasteiger partial charge >= 0.3 is 6.03 Å². The zero-order valence-corrected chi connectivity index (χ0v) is 11.9. The van der Waals surface area contributed by atoms with Gasteiger partial charge in [-0.25, -0.2) is 4.79 Å². The van der Waals surface area contributed by atoms with E-state index in [1.54, 1.807) is 0 Å². The third-order valence-corrected chi connectivity index (χ3v) is 4.48. The molecule has 0 aliphatic carbocycles.